The Hall–Kier alpha value is -4.04. The minimum atomic E-state index is -0.220. The Labute approximate surface area is 180 Å². The van der Waals surface area contributed by atoms with Crippen LogP contribution in [0, 0.1) is 11.6 Å². The largest absolute Gasteiger partial charge is 0.207 e. The first-order valence-electron chi connectivity index (χ1n) is 10.7. The van der Waals surface area contributed by atoms with Crippen molar-refractivity contribution in [3.63, 3.8) is 0 Å². The summed E-state index contributed by atoms with van der Waals surface area (Å²) in [6.07, 6.45) is 0. The monoisotopic (exact) mass is 412 g/mol. The van der Waals surface area contributed by atoms with Gasteiger partial charge in [-0.1, -0.05) is 48.5 Å². The average molecular weight is 412 g/mol. The van der Waals surface area contributed by atoms with Crippen LogP contribution >= 0.6 is 0 Å². The Morgan fingerprint density at radius 2 is 0.688 bits per heavy atom. The van der Waals surface area contributed by atoms with Crippen LogP contribution in [0.3, 0.4) is 0 Å². The molecule has 0 radical (unpaired) electrons. The molecule has 148 valence electrons. The van der Waals surface area contributed by atoms with E-state index in [-0.39, 0.29) is 11.6 Å². The highest BCUT2D eigenvalue weighted by Crippen LogP contribution is 2.47. The van der Waals surface area contributed by atoms with Gasteiger partial charge in [0.2, 0.25) is 0 Å². The molecule has 0 heterocycles. The number of fused-ring (bicyclic) bond motifs is 9. The van der Waals surface area contributed by atoms with Gasteiger partial charge in [-0.15, -0.1) is 0 Å². The third-order valence-electron chi connectivity index (χ3n) is 7.24. The lowest BCUT2D eigenvalue weighted by Crippen LogP contribution is -1.82. The van der Waals surface area contributed by atoms with E-state index in [9.17, 15) is 8.78 Å². The fraction of sp³-hybridized carbons (Fsp3) is 0. The van der Waals surface area contributed by atoms with Gasteiger partial charge in [-0.05, 0) is 112 Å². The Morgan fingerprint density at radius 3 is 1.12 bits per heavy atom. The van der Waals surface area contributed by atoms with Crippen molar-refractivity contribution in [3.05, 3.63) is 96.6 Å². The van der Waals surface area contributed by atoms with E-state index in [2.05, 4.69) is 48.5 Å². The van der Waals surface area contributed by atoms with Crippen molar-refractivity contribution >= 4 is 75.4 Å². The Balaban J connectivity index is 1.73. The van der Waals surface area contributed by atoms with E-state index in [1.165, 1.54) is 22.9 Å². The molecular weight excluding hydrogens is 398 g/mol. The summed E-state index contributed by atoms with van der Waals surface area (Å²) in [6.45, 7) is 0. The zero-order chi connectivity index (χ0) is 21.1. The van der Waals surface area contributed by atoms with Gasteiger partial charge in [0.1, 0.15) is 11.6 Å². The number of rotatable bonds is 0. The maximum absolute atomic E-state index is 14.2. The number of benzene rings is 6. The standard InChI is InChI=1S/C30H14F2/c31-15-7-9-17-19-3-1-5-21-25-13-28-24-12-16(32)8-10-18(24)20-4-2-6-22(30(20)28)26(25)14-27(29(19)21)23(17)11-15/h1-14H. The molecular formula is C30H14F2. The second-order valence-corrected chi connectivity index (χ2v) is 8.78. The van der Waals surface area contributed by atoms with E-state index in [0.29, 0.717) is 0 Å². The summed E-state index contributed by atoms with van der Waals surface area (Å²) in [7, 11) is 0. The zero-order valence-corrected chi connectivity index (χ0v) is 16.8. The number of halogens is 2. The Kier molecular flexibility index (Phi) is 2.81. The highest BCUT2D eigenvalue weighted by atomic mass is 19.1. The molecule has 0 N–H and O–H groups in total. The van der Waals surface area contributed by atoms with Gasteiger partial charge in [0, 0.05) is 0 Å². The molecule has 8 aromatic rings. The minimum Gasteiger partial charge on any atom is -0.207 e. The van der Waals surface area contributed by atoms with Crippen LogP contribution in [-0.4, -0.2) is 0 Å². The highest BCUT2D eigenvalue weighted by molar-refractivity contribution is 6.40. The van der Waals surface area contributed by atoms with Crippen LogP contribution < -0.4 is 0 Å². The van der Waals surface area contributed by atoms with E-state index in [1.54, 1.807) is 12.1 Å². The van der Waals surface area contributed by atoms with Crippen LogP contribution in [0.5, 0.6) is 0 Å². The first kappa shape index (κ1) is 16.6. The smallest absolute Gasteiger partial charge is 0.123 e. The van der Waals surface area contributed by atoms with Crippen LogP contribution in [-0.2, 0) is 0 Å². The first-order valence-corrected chi connectivity index (χ1v) is 10.7. The lowest BCUT2D eigenvalue weighted by atomic mass is 9.93. The highest BCUT2D eigenvalue weighted by Gasteiger charge is 2.19. The van der Waals surface area contributed by atoms with Gasteiger partial charge in [-0.2, -0.15) is 0 Å². The number of hydrogen-bond acceptors (Lipinski definition) is 0. The molecule has 0 atom stereocenters. The molecule has 0 aromatic heterocycles. The third-order valence-corrected chi connectivity index (χ3v) is 7.24. The molecule has 0 aliphatic carbocycles. The molecule has 8 aromatic carbocycles. The summed E-state index contributed by atoms with van der Waals surface area (Å²) in [5, 5.41) is 15.4. The van der Waals surface area contributed by atoms with Gasteiger partial charge in [-0.3, -0.25) is 0 Å². The molecule has 0 aliphatic heterocycles. The molecule has 32 heavy (non-hydrogen) atoms. The van der Waals surface area contributed by atoms with Gasteiger partial charge in [0.25, 0.3) is 0 Å². The van der Waals surface area contributed by atoms with Crippen LogP contribution in [0.4, 0.5) is 8.78 Å². The lowest BCUT2D eigenvalue weighted by molar-refractivity contribution is 0.629. The van der Waals surface area contributed by atoms with Crippen molar-refractivity contribution in [3.8, 4) is 0 Å². The van der Waals surface area contributed by atoms with Crippen molar-refractivity contribution in [2.75, 3.05) is 0 Å². The van der Waals surface area contributed by atoms with Crippen LogP contribution in [0.2, 0.25) is 0 Å². The second-order valence-electron chi connectivity index (χ2n) is 8.78. The summed E-state index contributed by atoms with van der Waals surface area (Å²) in [5.41, 5.74) is 0. The molecule has 0 spiro atoms. The van der Waals surface area contributed by atoms with Crippen molar-refractivity contribution in [2.45, 2.75) is 0 Å². The molecule has 2 heteroatoms. The van der Waals surface area contributed by atoms with Gasteiger partial charge in [0.15, 0.2) is 0 Å². The third kappa shape index (κ3) is 1.83. The number of hydrogen-bond donors (Lipinski definition) is 0. The molecule has 0 aliphatic rings. The van der Waals surface area contributed by atoms with E-state index in [4.69, 9.17) is 0 Å². The van der Waals surface area contributed by atoms with Gasteiger partial charge >= 0.3 is 0 Å². The fourth-order valence-corrected chi connectivity index (χ4v) is 5.99. The molecule has 0 bridgehead atoms. The van der Waals surface area contributed by atoms with Crippen molar-refractivity contribution in [1.82, 2.24) is 0 Å². The quantitative estimate of drug-likeness (QED) is 0.218. The zero-order valence-electron chi connectivity index (χ0n) is 16.8. The van der Waals surface area contributed by atoms with Crippen LogP contribution in [0.25, 0.3) is 75.4 Å². The molecule has 0 unspecified atom stereocenters. The Morgan fingerprint density at radius 1 is 0.312 bits per heavy atom. The van der Waals surface area contributed by atoms with E-state index in [0.717, 1.165) is 64.6 Å². The van der Waals surface area contributed by atoms with Gasteiger partial charge in [0.05, 0.1) is 0 Å². The summed E-state index contributed by atoms with van der Waals surface area (Å²) >= 11 is 0. The maximum Gasteiger partial charge on any atom is 0.123 e. The normalized spacial score (nSPS) is 12.7. The summed E-state index contributed by atoms with van der Waals surface area (Å²) in [5.74, 6) is -0.439. The van der Waals surface area contributed by atoms with Crippen molar-refractivity contribution < 1.29 is 8.78 Å². The first-order chi connectivity index (χ1) is 15.7. The second kappa shape index (κ2) is 5.41. The van der Waals surface area contributed by atoms with Crippen molar-refractivity contribution in [2.24, 2.45) is 0 Å². The van der Waals surface area contributed by atoms with E-state index in [1.807, 2.05) is 12.1 Å². The lowest BCUT2D eigenvalue weighted by Gasteiger charge is -2.10. The van der Waals surface area contributed by atoms with Crippen molar-refractivity contribution in [1.29, 1.82) is 0 Å². The fourth-order valence-electron chi connectivity index (χ4n) is 5.99. The Bertz CT molecular complexity index is 1900. The molecule has 8 rings (SSSR count). The van der Waals surface area contributed by atoms with E-state index < -0.39 is 0 Å². The van der Waals surface area contributed by atoms with Gasteiger partial charge in [-0.25, -0.2) is 8.78 Å². The van der Waals surface area contributed by atoms with E-state index >= 15 is 0 Å². The predicted molar refractivity (Wildman–Crippen MR) is 131 cm³/mol. The minimum absolute atomic E-state index is 0.220. The predicted octanol–water partition coefficient (Wildman–Crippen LogP) is 8.91. The molecule has 0 saturated heterocycles. The van der Waals surface area contributed by atoms with Gasteiger partial charge < -0.3 is 0 Å². The maximum atomic E-state index is 14.2. The van der Waals surface area contributed by atoms with Crippen LogP contribution in [0.1, 0.15) is 0 Å². The summed E-state index contributed by atoms with van der Waals surface area (Å²) < 4.78 is 28.4. The molecule has 0 nitrogen and oxygen atoms in total. The average Bonchev–Trinajstić information content (AvgIpc) is 3.29. The topological polar surface area (TPSA) is 0 Å². The summed E-state index contributed by atoms with van der Waals surface area (Å²) in [4.78, 5) is 0. The van der Waals surface area contributed by atoms with Crippen LogP contribution in [0.15, 0.2) is 84.9 Å². The molecule has 0 saturated carbocycles. The summed E-state index contributed by atoms with van der Waals surface area (Å²) in [6, 6.07) is 27.3. The molecule has 0 fully saturated rings. The SMILES string of the molecule is Fc1ccc2c(c1)c1cc3c(cc4c5cc(F)ccc5c5cccc3c54)c3cccc2c31. The molecule has 0 amide bonds.